The first-order valence-electron chi connectivity index (χ1n) is 9.54. The standard InChI is InChI=1S/C20H24N2O6S/c1-20(2,25)13-8-17(28-10-13)29(26,27)22-19(24)21-18-15-5-3-4-11(15)6-12-7-14(23)9-16(12)18/h6,8,10,14,23,25H,3-5,7,9H2,1-2H3,(H2,21,22,24). The maximum absolute atomic E-state index is 12.5. The molecule has 0 saturated heterocycles. The molecule has 2 aliphatic rings. The number of carbonyl (C=O) groups excluding carboxylic acids is 1. The fraction of sp³-hybridized carbons (Fsp3) is 0.450. The van der Waals surface area contributed by atoms with Gasteiger partial charge < -0.3 is 19.9 Å². The Labute approximate surface area is 169 Å². The molecule has 9 heteroatoms. The van der Waals surface area contributed by atoms with Crippen LogP contribution in [0.5, 0.6) is 0 Å². The molecule has 8 nitrogen and oxygen atoms in total. The van der Waals surface area contributed by atoms with Crippen LogP contribution in [0.3, 0.4) is 0 Å². The highest BCUT2D eigenvalue weighted by molar-refractivity contribution is 7.89. The first kappa shape index (κ1) is 19.9. The second-order valence-electron chi connectivity index (χ2n) is 8.22. The number of amides is 2. The second kappa shape index (κ2) is 6.86. The van der Waals surface area contributed by atoms with Crippen molar-refractivity contribution in [3.05, 3.63) is 46.2 Å². The van der Waals surface area contributed by atoms with Gasteiger partial charge in [-0.3, -0.25) is 0 Å². The predicted molar refractivity (Wildman–Crippen MR) is 105 cm³/mol. The quantitative estimate of drug-likeness (QED) is 0.599. The molecule has 2 aromatic rings. The molecule has 0 radical (unpaired) electrons. The van der Waals surface area contributed by atoms with Gasteiger partial charge in [-0.2, -0.15) is 8.42 Å². The van der Waals surface area contributed by atoms with Gasteiger partial charge in [-0.25, -0.2) is 9.52 Å². The average Bonchev–Trinajstić information content (AvgIpc) is 3.31. The van der Waals surface area contributed by atoms with Crippen LogP contribution in [0.25, 0.3) is 0 Å². The molecule has 29 heavy (non-hydrogen) atoms. The maximum atomic E-state index is 12.5. The first-order valence-corrected chi connectivity index (χ1v) is 11.0. The maximum Gasteiger partial charge on any atom is 0.333 e. The van der Waals surface area contributed by atoms with Crippen molar-refractivity contribution in [1.29, 1.82) is 0 Å². The SMILES string of the molecule is CC(C)(O)c1coc(S(=O)(=O)NC(=O)Nc2c3c(cc4c2CC(O)C4)CCC3)c1. The average molecular weight is 420 g/mol. The summed E-state index contributed by atoms with van der Waals surface area (Å²) < 4.78 is 32.0. The Morgan fingerprint density at radius 2 is 1.93 bits per heavy atom. The van der Waals surface area contributed by atoms with E-state index in [0.29, 0.717) is 18.5 Å². The summed E-state index contributed by atoms with van der Waals surface area (Å²) in [5, 5.41) is 22.2. The Kier molecular flexibility index (Phi) is 4.71. The van der Waals surface area contributed by atoms with E-state index in [2.05, 4.69) is 11.4 Å². The lowest BCUT2D eigenvalue weighted by Crippen LogP contribution is -2.34. The number of urea groups is 1. The highest BCUT2D eigenvalue weighted by Gasteiger charge is 2.30. The lowest BCUT2D eigenvalue weighted by atomic mass is 9.99. The van der Waals surface area contributed by atoms with Gasteiger partial charge in [0.05, 0.1) is 18.0 Å². The molecule has 0 saturated carbocycles. The molecule has 0 fully saturated rings. The summed E-state index contributed by atoms with van der Waals surface area (Å²) in [6.07, 6.45) is 4.28. The molecule has 0 aliphatic heterocycles. The number of hydrogen-bond acceptors (Lipinski definition) is 6. The van der Waals surface area contributed by atoms with Crippen LogP contribution in [-0.2, 0) is 41.3 Å². The van der Waals surface area contributed by atoms with Crippen LogP contribution in [0.15, 0.2) is 27.9 Å². The van der Waals surface area contributed by atoms with Crippen LogP contribution in [0.2, 0.25) is 0 Å². The fourth-order valence-corrected chi connectivity index (χ4v) is 4.92. The molecule has 0 spiro atoms. The molecule has 1 unspecified atom stereocenters. The monoisotopic (exact) mass is 420 g/mol. The molecule has 156 valence electrons. The lowest BCUT2D eigenvalue weighted by molar-refractivity contribution is 0.0779. The van der Waals surface area contributed by atoms with E-state index in [1.807, 2.05) is 4.72 Å². The Hall–Kier alpha value is -2.36. The number of benzene rings is 1. The van der Waals surface area contributed by atoms with Gasteiger partial charge in [0.2, 0.25) is 5.09 Å². The van der Waals surface area contributed by atoms with Crippen LogP contribution >= 0.6 is 0 Å². The Balaban J connectivity index is 1.57. The van der Waals surface area contributed by atoms with Crippen molar-refractivity contribution in [1.82, 2.24) is 4.72 Å². The fourth-order valence-electron chi connectivity index (χ4n) is 4.07. The number of furan rings is 1. The zero-order chi connectivity index (χ0) is 21.0. The van der Waals surface area contributed by atoms with E-state index in [-0.39, 0.29) is 5.56 Å². The summed E-state index contributed by atoms with van der Waals surface area (Å²) in [4.78, 5) is 12.5. The molecule has 1 atom stereocenters. The summed E-state index contributed by atoms with van der Waals surface area (Å²) in [5.41, 5.74) is 3.63. The van der Waals surface area contributed by atoms with E-state index >= 15 is 0 Å². The number of anilines is 1. The van der Waals surface area contributed by atoms with E-state index < -0.39 is 32.9 Å². The minimum atomic E-state index is -4.25. The summed E-state index contributed by atoms with van der Waals surface area (Å²) in [7, 11) is -4.25. The Morgan fingerprint density at radius 1 is 1.17 bits per heavy atom. The second-order valence-corrected chi connectivity index (χ2v) is 9.83. The number of fused-ring (bicyclic) bond motifs is 2. The van der Waals surface area contributed by atoms with Crippen molar-refractivity contribution in [3.8, 4) is 0 Å². The number of carbonyl (C=O) groups is 1. The van der Waals surface area contributed by atoms with Crippen LogP contribution in [-0.4, -0.2) is 30.8 Å². The Morgan fingerprint density at radius 3 is 2.62 bits per heavy atom. The number of rotatable bonds is 4. The molecule has 1 heterocycles. The molecular formula is C20H24N2O6S. The smallest absolute Gasteiger partial charge is 0.333 e. The van der Waals surface area contributed by atoms with Gasteiger partial charge >= 0.3 is 6.03 Å². The van der Waals surface area contributed by atoms with E-state index in [4.69, 9.17) is 4.42 Å². The largest absolute Gasteiger partial charge is 0.451 e. The van der Waals surface area contributed by atoms with Gasteiger partial charge in [0.25, 0.3) is 10.0 Å². The van der Waals surface area contributed by atoms with Crippen molar-refractivity contribution in [2.24, 2.45) is 0 Å². The molecule has 4 rings (SSSR count). The molecular weight excluding hydrogens is 396 g/mol. The van der Waals surface area contributed by atoms with E-state index in [1.54, 1.807) is 0 Å². The highest BCUT2D eigenvalue weighted by Crippen LogP contribution is 2.38. The molecule has 0 bridgehead atoms. The normalized spacial score (nSPS) is 18.4. The van der Waals surface area contributed by atoms with Gasteiger partial charge in [-0.1, -0.05) is 6.07 Å². The van der Waals surface area contributed by atoms with Crippen LogP contribution in [0.4, 0.5) is 10.5 Å². The number of aliphatic hydroxyl groups is 2. The number of aryl methyl sites for hydroxylation is 1. The lowest BCUT2D eigenvalue weighted by Gasteiger charge is -2.16. The zero-order valence-electron chi connectivity index (χ0n) is 16.3. The third-order valence-electron chi connectivity index (χ3n) is 5.51. The van der Waals surface area contributed by atoms with E-state index in [1.165, 1.54) is 19.9 Å². The minimum absolute atomic E-state index is 0.283. The number of sulfonamides is 1. The summed E-state index contributed by atoms with van der Waals surface area (Å²) in [6, 6.07) is 2.38. The number of nitrogens with one attached hydrogen (secondary N) is 2. The van der Waals surface area contributed by atoms with Crippen LogP contribution < -0.4 is 10.0 Å². The number of hydrogen-bond donors (Lipinski definition) is 4. The molecule has 2 amide bonds. The summed E-state index contributed by atoms with van der Waals surface area (Å²) in [5.74, 6) is 0. The van der Waals surface area contributed by atoms with Crippen molar-refractivity contribution in [2.75, 3.05) is 5.32 Å². The highest BCUT2D eigenvalue weighted by atomic mass is 32.2. The molecule has 1 aromatic carbocycles. The molecule has 1 aromatic heterocycles. The van der Waals surface area contributed by atoms with E-state index in [0.717, 1.165) is 47.8 Å². The van der Waals surface area contributed by atoms with Gasteiger partial charge in [0.15, 0.2) is 0 Å². The third kappa shape index (κ3) is 3.77. The van der Waals surface area contributed by atoms with Crippen LogP contribution in [0, 0.1) is 0 Å². The van der Waals surface area contributed by atoms with Gasteiger partial charge in [-0.15, -0.1) is 0 Å². The Bertz CT molecular complexity index is 1080. The van der Waals surface area contributed by atoms with Gasteiger partial charge in [0.1, 0.15) is 0 Å². The first-order chi connectivity index (χ1) is 13.5. The van der Waals surface area contributed by atoms with Crippen molar-refractivity contribution in [2.45, 2.75) is 62.7 Å². The summed E-state index contributed by atoms with van der Waals surface area (Å²) >= 11 is 0. The van der Waals surface area contributed by atoms with Crippen LogP contribution in [0.1, 0.15) is 48.1 Å². The van der Waals surface area contributed by atoms with Crippen molar-refractivity contribution < 1.29 is 27.8 Å². The van der Waals surface area contributed by atoms with Gasteiger partial charge in [-0.05, 0) is 61.8 Å². The number of aliphatic hydroxyl groups excluding tert-OH is 1. The zero-order valence-corrected chi connectivity index (χ0v) is 17.1. The third-order valence-corrected chi connectivity index (χ3v) is 6.71. The topological polar surface area (TPSA) is 129 Å². The van der Waals surface area contributed by atoms with Crippen molar-refractivity contribution >= 4 is 21.7 Å². The van der Waals surface area contributed by atoms with Gasteiger partial charge in [0, 0.05) is 23.7 Å². The summed E-state index contributed by atoms with van der Waals surface area (Å²) in [6.45, 7) is 3.00. The van der Waals surface area contributed by atoms with Crippen molar-refractivity contribution in [3.63, 3.8) is 0 Å². The molecule has 4 N–H and O–H groups in total. The van der Waals surface area contributed by atoms with E-state index in [9.17, 15) is 23.4 Å². The molecule has 2 aliphatic carbocycles. The predicted octanol–water partition coefficient (Wildman–Crippen LogP) is 1.97. The minimum Gasteiger partial charge on any atom is -0.451 e.